The van der Waals surface area contributed by atoms with E-state index in [0.29, 0.717) is 11.3 Å². The number of hydrogen-bond acceptors (Lipinski definition) is 3. The summed E-state index contributed by atoms with van der Waals surface area (Å²) in [5.74, 6) is -1.89. The fourth-order valence-electron chi connectivity index (χ4n) is 2.26. The van der Waals surface area contributed by atoms with Gasteiger partial charge in [0.2, 0.25) is 0 Å². The van der Waals surface area contributed by atoms with E-state index in [1.807, 2.05) is 12.1 Å². The molecular weight excluding hydrogens is 309 g/mol. The van der Waals surface area contributed by atoms with Crippen LogP contribution >= 0.6 is 0 Å². The monoisotopic (exact) mass is 323 g/mol. The number of nitrogens with zero attached hydrogens (tertiary/aromatic N) is 1. The van der Waals surface area contributed by atoms with E-state index in [9.17, 15) is 14.0 Å². The molecular formula is C18H14FN3O2. The number of anilines is 1. The first-order chi connectivity index (χ1) is 11.6. The third-order valence-electron chi connectivity index (χ3n) is 3.47. The van der Waals surface area contributed by atoms with Crippen LogP contribution in [0.1, 0.15) is 5.56 Å². The quantitative estimate of drug-likeness (QED) is 0.728. The lowest BCUT2D eigenvalue weighted by molar-refractivity contribution is -0.136. The van der Waals surface area contributed by atoms with Gasteiger partial charge in [-0.1, -0.05) is 18.2 Å². The number of pyridine rings is 1. The van der Waals surface area contributed by atoms with Gasteiger partial charge in [0.25, 0.3) is 0 Å². The van der Waals surface area contributed by atoms with Crippen LogP contribution in [0.25, 0.3) is 10.9 Å². The van der Waals surface area contributed by atoms with Gasteiger partial charge < -0.3 is 10.6 Å². The number of fused-ring (bicyclic) bond motifs is 1. The maximum atomic E-state index is 12.8. The van der Waals surface area contributed by atoms with Crippen LogP contribution in [0, 0.1) is 5.82 Å². The van der Waals surface area contributed by atoms with Crippen LogP contribution in [0.5, 0.6) is 0 Å². The second kappa shape index (κ2) is 6.87. The Kier molecular flexibility index (Phi) is 4.47. The maximum absolute atomic E-state index is 12.8. The van der Waals surface area contributed by atoms with Crippen molar-refractivity contribution >= 4 is 28.4 Å². The number of benzene rings is 2. The summed E-state index contributed by atoms with van der Waals surface area (Å²) >= 11 is 0. The molecule has 0 saturated carbocycles. The van der Waals surface area contributed by atoms with Gasteiger partial charge in [-0.25, -0.2) is 4.39 Å². The summed E-state index contributed by atoms with van der Waals surface area (Å²) in [5.41, 5.74) is 1.94. The zero-order valence-corrected chi connectivity index (χ0v) is 12.6. The Hall–Kier alpha value is -3.28. The molecule has 3 aromatic rings. The molecule has 0 fully saturated rings. The molecule has 0 saturated heterocycles. The first-order valence-corrected chi connectivity index (χ1v) is 7.31. The Bertz CT molecular complexity index is 889. The zero-order chi connectivity index (χ0) is 16.9. The van der Waals surface area contributed by atoms with Crippen LogP contribution in [0.3, 0.4) is 0 Å². The molecule has 3 rings (SSSR count). The van der Waals surface area contributed by atoms with Gasteiger partial charge in [0.15, 0.2) is 0 Å². The molecule has 2 amide bonds. The van der Waals surface area contributed by atoms with Crippen molar-refractivity contribution in [3.05, 3.63) is 72.2 Å². The van der Waals surface area contributed by atoms with Crippen LogP contribution in [-0.2, 0) is 16.1 Å². The zero-order valence-electron chi connectivity index (χ0n) is 12.6. The van der Waals surface area contributed by atoms with Gasteiger partial charge in [-0.2, -0.15) is 0 Å². The van der Waals surface area contributed by atoms with E-state index in [-0.39, 0.29) is 12.4 Å². The Balaban J connectivity index is 1.65. The second-order valence-corrected chi connectivity index (χ2v) is 5.14. The number of nitrogens with one attached hydrogen (secondary N) is 2. The highest BCUT2D eigenvalue weighted by Gasteiger charge is 2.14. The van der Waals surface area contributed by atoms with Gasteiger partial charge in [0.1, 0.15) is 5.82 Å². The number of rotatable bonds is 3. The van der Waals surface area contributed by atoms with Crippen molar-refractivity contribution in [2.75, 3.05) is 5.32 Å². The van der Waals surface area contributed by atoms with Gasteiger partial charge in [-0.3, -0.25) is 14.6 Å². The molecule has 0 bridgehead atoms. The Labute approximate surface area is 137 Å². The highest BCUT2D eigenvalue weighted by atomic mass is 19.1. The molecule has 0 aliphatic carbocycles. The van der Waals surface area contributed by atoms with Crippen molar-refractivity contribution in [1.29, 1.82) is 0 Å². The average Bonchev–Trinajstić information content (AvgIpc) is 2.61. The van der Waals surface area contributed by atoms with E-state index >= 15 is 0 Å². The summed E-state index contributed by atoms with van der Waals surface area (Å²) in [7, 11) is 0. The van der Waals surface area contributed by atoms with E-state index in [1.54, 1.807) is 36.5 Å². The van der Waals surface area contributed by atoms with E-state index in [4.69, 9.17) is 0 Å². The molecule has 1 aromatic heterocycles. The van der Waals surface area contributed by atoms with Gasteiger partial charge in [-0.15, -0.1) is 0 Å². The minimum atomic E-state index is -0.770. The van der Waals surface area contributed by atoms with Crippen LogP contribution < -0.4 is 10.6 Å². The standard InChI is InChI=1S/C18H14FN3O2/c19-13-8-6-12(7-9-13)11-21-17(23)18(24)22-16-5-1-4-15-14(16)3-2-10-20-15/h1-10H,11H2,(H,21,23)(H,22,24). The van der Waals surface area contributed by atoms with E-state index in [2.05, 4.69) is 15.6 Å². The average molecular weight is 323 g/mol. The SMILES string of the molecule is O=C(NCc1ccc(F)cc1)C(=O)Nc1cccc2ncccc12. The summed E-state index contributed by atoms with van der Waals surface area (Å²) in [6.07, 6.45) is 1.66. The summed E-state index contributed by atoms with van der Waals surface area (Å²) in [5, 5.41) is 5.83. The normalized spacial score (nSPS) is 10.4. The van der Waals surface area contributed by atoms with Crippen LogP contribution in [0.15, 0.2) is 60.8 Å². The number of amides is 2. The van der Waals surface area contributed by atoms with Gasteiger partial charge >= 0.3 is 11.8 Å². The van der Waals surface area contributed by atoms with Crippen molar-refractivity contribution in [3.63, 3.8) is 0 Å². The summed E-state index contributed by atoms with van der Waals surface area (Å²) in [6.45, 7) is 0.142. The maximum Gasteiger partial charge on any atom is 0.313 e. The molecule has 2 N–H and O–H groups in total. The largest absolute Gasteiger partial charge is 0.344 e. The molecule has 0 spiro atoms. The predicted octanol–water partition coefficient (Wildman–Crippen LogP) is 2.63. The highest BCUT2D eigenvalue weighted by Crippen LogP contribution is 2.21. The molecule has 2 aromatic carbocycles. The van der Waals surface area contributed by atoms with Crippen LogP contribution in [0.4, 0.5) is 10.1 Å². The third-order valence-corrected chi connectivity index (χ3v) is 3.47. The minimum Gasteiger partial charge on any atom is -0.344 e. The van der Waals surface area contributed by atoms with E-state index in [1.165, 1.54) is 12.1 Å². The molecule has 0 unspecified atom stereocenters. The van der Waals surface area contributed by atoms with Crippen molar-refractivity contribution in [2.45, 2.75) is 6.54 Å². The molecule has 120 valence electrons. The van der Waals surface area contributed by atoms with Crippen molar-refractivity contribution in [1.82, 2.24) is 10.3 Å². The van der Waals surface area contributed by atoms with Crippen molar-refractivity contribution in [3.8, 4) is 0 Å². The van der Waals surface area contributed by atoms with Crippen molar-refractivity contribution < 1.29 is 14.0 Å². The second-order valence-electron chi connectivity index (χ2n) is 5.14. The lowest BCUT2D eigenvalue weighted by atomic mass is 10.2. The van der Waals surface area contributed by atoms with E-state index in [0.717, 1.165) is 10.9 Å². The molecule has 24 heavy (non-hydrogen) atoms. The summed E-state index contributed by atoms with van der Waals surface area (Å²) in [6, 6.07) is 14.5. The number of carbonyl (C=O) groups is 2. The minimum absolute atomic E-state index is 0.142. The number of halogens is 1. The third kappa shape index (κ3) is 3.55. The molecule has 1 heterocycles. The molecule has 0 aliphatic rings. The molecule has 0 radical (unpaired) electrons. The first kappa shape index (κ1) is 15.6. The first-order valence-electron chi connectivity index (χ1n) is 7.31. The highest BCUT2D eigenvalue weighted by molar-refractivity contribution is 6.40. The van der Waals surface area contributed by atoms with Crippen LogP contribution in [0.2, 0.25) is 0 Å². The summed E-state index contributed by atoms with van der Waals surface area (Å²) < 4.78 is 12.8. The topological polar surface area (TPSA) is 71.1 Å². The Morgan fingerprint density at radius 3 is 2.54 bits per heavy atom. The molecule has 0 atom stereocenters. The lowest BCUT2D eigenvalue weighted by Gasteiger charge is -2.09. The number of carbonyl (C=O) groups excluding carboxylic acids is 2. The van der Waals surface area contributed by atoms with Gasteiger partial charge in [-0.05, 0) is 42.0 Å². The lowest BCUT2D eigenvalue weighted by Crippen LogP contribution is -2.35. The van der Waals surface area contributed by atoms with Gasteiger partial charge in [0, 0.05) is 18.1 Å². The number of hydrogen-bond donors (Lipinski definition) is 2. The predicted molar refractivity (Wildman–Crippen MR) is 88.6 cm³/mol. The molecule has 5 nitrogen and oxygen atoms in total. The molecule has 0 aliphatic heterocycles. The van der Waals surface area contributed by atoms with Crippen molar-refractivity contribution in [2.24, 2.45) is 0 Å². The fraction of sp³-hybridized carbons (Fsp3) is 0.0556. The summed E-state index contributed by atoms with van der Waals surface area (Å²) in [4.78, 5) is 28.1. The number of aromatic nitrogens is 1. The smallest absolute Gasteiger partial charge is 0.313 e. The Morgan fingerprint density at radius 1 is 0.958 bits per heavy atom. The molecule has 6 heteroatoms. The Morgan fingerprint density at radius 2 is 1.75 bits per heavy atom. The fourth-order valence-corrected chi connectivity index (χ4v) is 2.26. The van der Waals surface area contributed by atoms with E-state index < -0.39 is 11.8 Å². The van der Waals surface area contributed by atoms with Crippen LogP contribution in [-0.4, -0.2) is 16.8 Å². The van der Waals surface area contributed by atoms with Gasteiger partial charge in [0.05, 0.1) is 11.2 Å².